The highest BCUT2D eigenvalue weighted by atomic mass is 16.3. The minimum Gasteiger partial charge on any atom is -0.506 e. The zero-order valence-electron chi connectivity index (χ0n) is 10.4. The monoisotopic (exact) mass is 231 g/mol. The number of aromatic nitrogens is 3. The van der Waals surface area contributed by atoms with E-state index in [1.165, 1.54) is 4.80 Å². The lowest BCUT2D eigenvalue weighted by atomic mass is 10.3. The van der Waals surface area contributed by atoms with Crippen LogP contribution < -0.4 is 0 Å². The predicted molar refractivity (Wildman–Crippen MR) is 71.2 cm³/mol. The molecule has 0 saturated heterocycles. The fourth-order valence-corrected chi connectivity index (χ4v) is 1.27. The van der Waals surface area contributed by atoms with Gasteiger partial charge in [-0.1, -0.05) is 18.7 Å². The van der Waals surface area contributed by atoms with E-state index in [9.17, 15) is 5.11 Å². The Kier molecular flexibility index (Phi) is 4.46. The summed E-state index contributed by atoms with van der Waals surface area (Å²) in [7, 11) is 0. The van der Waals surface area contributed by atoms with Crippen LogP contribution in [0.1, 0.15) is 32.2 Å². The van der Waals surface area contributed by atoms with Crippen LogP contribution in [0.25, 0.3) is 17.8 Å². The van der Waals surface area contributed by atoms with Crippen molar-refractivity contribution in [1.82, 2.24) is 15.0 Å². The lowest BCUT2D eigenvalue weighted by molar-refractivity contribution is 0.427. The first kappa shape index (κ1) is 13.0. The van der Waals surface area contributed by atoms with Gasteiger partial charge in [-0.15, -0.1) is 15.0 Å². The van der Waals surface area contributed by atoms with E-state index in [0.717, 1.165) is 11.4 Å². The molecule has 1 heterocycles. The van der Waals surface area contributed by atoms with Gasteiger partial charge in [0.15, 0.2) is 0 Å². The van der Waals surface area contributed by atoms with Gasteiger partial charge in [0.05, 0.1) is 0 Å². The van der Waals surface area contributed by atoms with Gasteiger partial charge in [-0.05, 0) is 39.0 Å². The zero-order valence-corrected chi connectivity index (χ0v) is 10.4. The lowest BCUT2D eigenvalue weighted by Gasteiger charge is -2.01. The Hall–Kier alpha value is -2.10. The second kappa shape index (κ2) is 5.84. The summed E-state index contributed by atoms with van der Waals surface area (Å²) in [6.07, 6.45) is 9.05. The Morgan fingerprint density at radius 1 is 1.12 bits per heavy atom. The molecule has 0 radical (unpaired) electrons. The number of rotatable bonds is 4. The summed E-state index contributed by atoms with van der Waals surface area (Å²) < 4.78 is 0. The highest BCUT2D eigenvalue weighted by molar-refractivity contribution is 5.62. The van der Waals surface area contributed by atoms with Crippen LogP contribution in [0.2, 0.25) is 0 Å². The maximum Gasteiger partial charge on any atom is 0.138 e. The van der Waals surface area contributed by atoms with Crippen LogP contribution in [0, 0.1) is 0 Å². The summed E-state index contributed by atoms with van der Waals surface area (Å²) in [6.45, 7) is 9.29. The van der Waals surface area contributed by atoms with Crippen molar-refractivity contribution in [3.63, 3.8) is 0 Å². The maximum atomic E-state index is 9.56. The van der Waals surface area contributed by atoms with E-state index in [1.54, 1.807) is 13.0 Å². The maximum absolute atomic E-state index is 9.56. The van der Waals surface area contributed by atoms with Crippen molar-refractivity contribution in [2.45, 2.75) is 20.8 Å². The molecule has 0 unspecified atom stereocenters. The average molecular weight is 231 g/mol. The molecule has 0 aliphatic rings. The van der Waals surface area contributed by atoms with Gasteiger partial charge in [-0.2, -0.15) is 0 Å². The van der Waals surface area contributed by atoms with Gasteiger partial charge in [-0.25, -0.2) is 0 Å². The quantitative estimate of drug-likeness (QED) is 0.639. The first-order chi connectivity index (χ1) is 8.13. The van der Waals surface area contributed by atoms with Crippen molar-refractivity contribution in [2.24, 2.45) is 0 Å². The normalized spacial score (nSPS) is 12.8. The summed E-state index contributed by atoms with van der Waals surface area (Å²) in [6, 6.07) is 0. The van der Waals surface area contributed by atoms with Gasteiger partial charge in [0.25, 0.3) is 0 Å². The summed E-state index contributed by atoms with van der Waals surface area (Å²) >= 11 is 0. The van der Waals surface area contributed by atoms with E-state index < -0.39 is 0 Å². The molecule has 0 saturated carbocycles. The van der Waals surface area contributed by atoms with Crippen molar-refractivity contribution in [2.75, 3.05) is 0 Å². The molecule has 0 aliphatic carbocycles. The Bertz CT molecular complexity index is 463. The summed E-state index contributed by atoms with van der Waals surface area (Å²) in [5, 5.41) is 18.1. The van der Waals surface area contributed by atoms with Gasteiger partial charge in [0, 0.05) is 0 Å². The van der Waals surface area contributed by atoms with Crippen LogP contribution in [0.3, 0.4) is 0 Å². The number of hydrogen-bond acceptors (Lipinski definition) is 3. The van der Waals surface area contributed by atoms with Crippen molar-refractivity contribution in [1.29, 1.82) is 0 Å². The highest BCUT2D eigenvalue weighted by Crippen LogP contribution is 2.13. The lowest BCUT2D eigenvalue weighted by Crippen LogP contribution is -2.02. The topological polar surface area (TPSA) is 50.9 Å². The second-order valence-corrected chi connectivity index (χ2v) is 3.38. The summed E-state index contributed by atoms with van der Waals surface area (Å²) in [5.41, 5.74) is 1.85. The third-order valence-corrected chi connectivity index (χ3v) is 2.13. The van der Waals surface area contributed by atoms with Gasteiger partial charge >= 0.3 is 0 Å². The Morgan fingerprint density at radius 3 is 1.94 bits per heavy atom. The third-order valence-electron chi connectivity index (χ3n) is 2.13. The van der Waals surface area contributed by atoms with Crippen LogP contribution >= 0.6 is 0 Å². The van der Waals surface area contributed by atoms with Gasteiger partial charge in [0.2, 0.25) is 0 Å². The number of nitrogens with zero attached hydrogens (tertiary/aromatic N) is 3. The van der Waals surface area contributed by atoms with Crippen molar-refractivity contribution >= 4 is 17.8 Å². The van der Waals surface area contributed by atoms with Crippen LogP contribution in [0.5, 0.6) is 0 Å². The first-order valence-electron chi connectivity index (χ1n) is 5.41. The van der Waals surface area contributed by atoms with Gasteiger partial charge in [0.1, 0.15) is 22.8 Å². The molecule has 1 aromatic heterocycles. The number of aliphatic hydroxyl groups is 1. The Morgan fingerprint density at radius 2 is 1.59 bits per heavy atom. The molecule has 0 amide bonds. The molecular weight excluding hydrogens is 214 g/mol. The molecule has 1 rings (SSSR count). The molecule has 4 heteroatoms. The summed E-state index contributed by atoms with van der Waals surface area (Å²) in [5.74, 6) is 0.0686. The standard InChI is InChI=1S/C13H17N3O/c1-5-8-11-12(9-6-2)15-16(14-11)10(4)13(17)7-3/h5-9,17H,4H2,1-3H3/b8-5-,9-6-,13-7+. The molecule has 0 bridgehead atoms. The minimum atomic E-state index is 0.0686. The zero-order chi connectivity index (χ0) is 12.8. The fourth-order valence-electron chi connectivity index (χ4n) is 1.27. The molecule has 17 heavy (non-hydrogen) atoms. The molecule has 1 N–H and O–H groups in total. The van der Waals surface area contributed by atoms with Gasteiger partial charge < -0.3 is 5.11 Å². The molecule has 90 valence electrons. The first-order valence-corrected chi connectivity index (χ1v) is 5.41. The molecule has 0 aromatic carbocycles. The second-order valence-electron chi connectivity index (χ2n) is 3.38. The molecule has 4 nitrogen and oxygen atoms in total. The van der Waals surface area contributed by atoms with E-state index in [0.29, 0.717) is 5.70 Å². The third kappa shape index (κ3) is 2.93. The van der Waals surface area contributed by atoms with Crippen LogP contribution in [0.15, 0.2) is 30.6 Å². The largest absolute Gasteiger partial charge is 0.506 e. The highest BCUT2D eigenvalue weighted by Gasteiger charge is 2.09. The molecular formula is C13H17N3O. The molecule has 0 spiro atoms. The van der Waals surface area contributed by atoms with E-state index in [2.05, 4.69) is 16.8 Å². The number of allylic oxidation sites excluding steroid dienone is 4. The fraction of sp³-hybridized carbons (Fsp3) is 0.231. The number of hydrogen-bond donors (Lipinski definition) is 1. The van der Waals surface area contributed by atoms with Crippen LogP contribution in [0.4, 0.5) is 0 Å². The van der Waals surface area contributed by atoms with Crippen molar-refractivity contribution in [3.05, 3.63) is 42.0 Å². The smallest absolute Gasteiger partial charge is 0.138 e. The molecule has 0 aliphatic heterocycles. The van der Waals surface area contributed by atoms with Gasteiger partial charge in [-0.3, -0.25) is 0 Å². The molecule has 0 atom stereocenters. The van der Waals surface area contributed by atoms with E-state index in [-0.39, 0.29) is 5.76 Å². The van der Waals surface area contributed by atoms with E-state index in [1.807, 2.05) is 38.2 Å². The predicted octanol–water partition coefficient (Wildman–Crippen LogP) is 3.28. The summed E-state index contributed by atoms with van der Waals surface area (Å²) in [4.78, 5) is 1.33. The molecule has 1 aromatic rings. The van der Waals surface area contributed by atoms with Crippen LogP contribution in [-0.2, 0) is 0 Å². The Labute approximate surface area is 101 Å². The minimum absolute atomic E-state index is 0.0686. The SMILES string of the molecule is C=C(/C(O)=C\C)n1nc(/C=C\C)c(/C=C\C)n1. The number of aliphatic hydroxyl groups excluding tert-OH is 1. The molecule has 0 fully saturated rings. The average Bonchev–Trinajstić information content (AvgIpc) is 2.72. The van der Waals surface area contributed by atoms with Crippen LogP contribution in [-0.4, -0.2) is 20.1 Å². The van der Waals surface area contributed by atoms with E-state index in [4.69, 9.17) is 0 Å². The Balaban J connectivity index is 3.20. The van der Waals surface area contributed by atoms with Crippen molar-refractivity contribution in [3.8, 4) is 0 Å². The van der Waals surface area contributed by atoms with Crippen molar-refractivity contribution < 1.29 is 5.11 Å². The van der Waals surface area contributed by atoms with E-state index >= 15 is 0 Å².